The summed E-state index contributed by atoms with van der Waals surface area (Å²) in [6, 6.07) is 18.6. The second-order valence-electron chi connectivity index (χ2n) is 4.82. The Morgan fingerprint density at radius 3 is 2.22 bits per heavy atom. The molecule has 0 saturated carbocycles. The summed E-state index contributed by atoms with van der Waals surface area (Å²) in [5.74, 6) is 0. The molecule has 0 fully saturated rings. The van der Waals surface area contributed by atoms with E-state index in [2.05, 4.69) is 55.4 Å². The van der Waals surface area contributed by atoms with Crippen molar-refractivity contribution in [3.05, 3.63) is 71.3 Å². The molecule has 2 N–H and O–H groups in total. The van der Waals surface area contributed by atoms with Crippen molar-refractivity contribution in [2.24, 2.45) is 5.73 Å². The van der Waals surface area contributed by atoms with Crippen molar-refractivity contribution in [3.63, 3.8) is 0 Å². The fourth-order valence-corrected chi connectivity index (χ4v) is 2.16. The molecule has 0 saturated heterocycles. The molecule has 2 aromatic carbocycles. The molecular formula is C16H20N2. The van der Waals surface area contributed by atoms with Crippen LogP contribution in [0.2, 0.25) is 0 Å². The molecule has 0 spiro atoms. The van der Waals surface area contributed by atoms with Gasteiger partial charge < -0.3 is 10.6 Å². The number of nitrogens with two attached hydrogens (primary N) is 1. The van der Waals surface area contributed by atoms with Crippen molar-refractivity contribution in [1.29, 1.82) is 0 Å². The van der Waals surface area contributed by atoms with E-state index in [-0.39, 0.29) is 6.04 Å². The summed E-state index contributed by atoms with van der Waals surface area (Å²) >= 11 is 0. The fourth-order valence-electron chi connectivity index (χ4n) is 2.16. The van der Waals surface area contributed by atoms with Gasteiger partial charge in [-0.15, -0.1) is 0 Å². The van der Waals surface area contributed by atoms with Gasteiger partial charge >= 0.3 is 0 Å². The standard InChI is InChI=1S/C16H20N2/c1-18(2)12-14-10-6-7-11-15(14)16(17)13-8-4-3-5-9-13/h3-11,16H,12,17H2,1-2H3. The second kappa shape index (κ2) is 5.80. The molecular weight excluding hydrogens is 220 g/mol. The van der Waals surface area contributed by atoms with E-state index >= 15 is 0 Å². The third kappa shape index (κ3) is 2.97. The monoisotopic (exact) mass is 240 g/mol. The van der Waals surface area contributed by atoms with E-state index in [9.17, 15) is 0 Å². The van der Waals surface area contributed by atoms with Gasteiger partial charge in [-0.25, -0.2) is 0 Å². The molecule has 2 nitrogen and oxygen atoms in total. The van der Waals surface area contributed by atoms with Crippen LogP contribution in [-0.2, 0) is 6.54 Å². The molecule has 0 amide bonds. The Labute approximate surface area is 109 Å². The summed E-state index contributed by atoms with van der Waals surface area (Å²) in [7, 11) is 4.15. The number of hydrogen-bond donors (Lipinski definition) is 1. The van der Waals surface area contributed by atoms with Gasteiger partial charge in [0.2, 0.25) is 0 Å². The van der Waals surface area contributed by atoms with Gasteiger partial charge in [0.1, 0.15) is 0 Å². The Morgan fingerprint density at radius 1 is 0.944 bits per heavy atom. The zero-order valence-electron chi connectivity index (χ0n) is 11.0. The summed E-state index contributed by atoms with van der Waals surface area (Å²) in [6.45, 7) is 0.913. The van der Waals surface area contributed by atoms with Crippen molar-refractivity contribution in [1.82, 2.24) is 4.90 Å². The summed E-state index contributed by atoms with van der Waals surface area (Å²) in [5.41, 5.74) is 10.0. The van der Waals surface area contributed by atoms with Crippen LogP contribution in [0.1, 0.15) is 22.7 Å². The van der Waals surface area contributed by atoms with Crippen LogP contribution in [0.3, 0.4) is 0 Å². The second-order valence-corrected chi connectivity index (χ2v) is 4.82. The Balaban J connectivity index is 2.33. The first-order chi connectivity index (χ1) is 8.68. The van der Waals surface area contributed by atoms with E-state index < -0.39 is 0 Å². The van der Waals surface area contributed by atoms with Crippen molar-refractivity contribution < 1.29 is 0 Å². The third-order valence-corrected chi connectivity index (χ3v) is 3.04. The van der Waals surface area contributed by atoms with Crippen LogP contribution < -0.4 is 5.73 Å². The van der Waals surface area contributed by atoms with Crippen LogP contribution in [0.4, 0.5) is 0 Å². The first kappa shape index (κ1) is 12.8. The lowest BCUT2D eigenvalue weighted by atomic mass is 9.95. The number of rotatable bonds is 4. The first-order valence-corrected chi connectivity index (χ1v) is 6.21. The molecule has 1 unspecified atom stereocenters. The molecule has 2 aromatic rings. The van der Waals surface area contributed by atoms with Gasteiger partial charge in [0.25, 0.3) is 0 Å². The quantitative estimate of drug-likeness (QED) is 0.890. The Bertz CT molecular complexity index is 491. The Kier molecular flexibility index (Phi) is 4.13. The molecule has 2 heteroatoms. The molecule has 0 aliphatic heterocycles. The lowest BCUT2D eigenvalue weighted by Crippen LogP contribution is -2.18. The minimum absolute atomic E-state index is 0.0534. The third-order valence-electron chi connectivity index (χ3n) is 3.04. The van der Waals surface area contributed by atoms with E-state index in [1.807, 2.05) is 18.2 Å². The number of nitrogens with zero attached hydrogens (tertiary/aromatic N) is 1. The smallest absolute Gasteiger partial charge is 0.0554 e. The topological polar surface area (TPSA) is 29.3 Å². The SMILES string of the molecule is CN(C)Cc1ccccc1C(N)c1ccccc1. The molecule has 0 aliphatic rings. The van der Waals surface area contributed by atoms with Gasteiger partial charge in [-0.1, -0.05) is 54.6 Å². The van der Waals surface area contributed by atoms with Gasteiger partial charge in [-0.3, -0.25) is 0 Å². The minimum Gasteiger partial charge on any atom is -0.320 e. The maximum atomic E-state index is 6.37. The van der Waals surface area contributed by atoms with Gasteiger partial charge in [0.05, 0.1) is 6.04 Å². The molecule has 0 aliphatic carbocycles. The fraction of sp³-hybridized carbons (Fsp3) is 0.250. The molecule has 2 rings (SSSR count). The molecule has 94 valence electrons. The van der Waals surface area contributed by atoms with Crippen LogP contribution in [0.5, 0.6) is 0 Å². The molecule has 0 heterocycles. The average Bonchev–Trinajstić information content (AvgIpc) is 2.39. The minimum atomic E-state index is -0.0534. The zero-order chi connectivity index (χ0) is 13.0. The highest BCUT2D eigenvalue weighted by atomic mass is 15.0. The highest BCUT2D eigenvalue weighted by molar-refractivity contribution is 5.36. The van der Waals surface area contributed by atoms with Crippen LogP contribution in [0, 0.1) is 0 Å². The van der Waals surface area contributed by atoms with E-state index in [4.69, 9.17) is 5.73 Å². The summed E-state index contributed by atoms with van der Waals surface area (Å²) in [6.07, 6.45) is 0. The normalized spacial score (nSPS) is 12.7. The predicted molar refractivity (Wildman–Crippen MR) is 76.3 cm³/mol. The summed E-state index contributed by atoms with van der Waals surface area (Å²) < 4.78 is 0. The van der Waals surface area contributed by atoms with Crippen LogP contribution >= 0.6 is 0 Å². The van der Waals surface area contributed by atoms with Crippen molar-refractivity contribution >= 4 is 0 Å². The maximum Gasteiger partial charge on any atom is 0.0554 e. The van der Waals surface area contributed by atoms with E-state index in [0.717, 1.165) is 12.1 Å². The van der Waals surface area contributed by atoms with Gasteiger partial charge in [0.15, 0.2) is 0 Å². The molecule has 0 bridgehead atoms. The summed E-state index contributed by atoms with van der Waals surface area (Å²) in [5, 5.41) is 0. The molecule has 0 radical (unpaired) electrons. The van der Waals surface area contributed by atoms with Gasteiger partial charge in [-0.2, -0.15) is 0 Å². The molecule has 1 atom stereocenters. The Morgan fingerprint density at radius 2 is 1.56 bits per heavy atom. The molecule has 18 heavy (non-hydrogen) atoms. The predicted octanol–water partition coefficient (Wildman–Crippen LogP) is 2.80. The van der Waals surface area contributed by atoms with Crippen LogP contribution in [-0.4, -0.2) is 19.0 Å². The largest absolute Gasteiger partial charge is 0.320 e. The van der Waals surface area contributed by atoms with Crippen LogP contribution in [0.25, 0.3) is 0 Å². The van der Waals surface area contributed by atoms with Gasteiger partial charge in [0, 0.05) is 6.54 Å². The lowest BCUT2D eigenvalue weighted by Gasteiger charge is -2.19. The van der Waals surface area contributed by atoms with Crippen molar-refractivity contribution in [3.8, 4) is 0 Å². The van der Waals surface area contributed by atoms with Crippen molar-refractivity contribution in [2.75, 3.05) is 14.1 Å². The van der Waals surface area contributed by atoms with E-state index in [0.29, 0.717) is 0 Å². The van der Waals surface area contributed by atoms with Crippen LogP contribution in [0.15, 0.2) is 54.6 Å². The Hall–Kier alpha value is -1.64. The average molecular weight is 240 g/mol. The highest BCUT2D eigenvalue weighted by Crippen LogP contribution is 2.23. The number of hydrogen-bond acceptors (Lipinski definition) is 2. The zero-order valence-corrected chi connectivity index (χ0v) is 11.0. The van der Waals surface area contributed by atoms with Gasteiger partial charge in [-0.05, 0) is 30.8 Å². The number of benzene rings is 2. The maximum absolute atomic E-state index is 6.37. The van der Waals surface area contributed by atoms with E-state index in [1.165, 1.54) is 11.1 Å². The highest BCUT2D eigenvalue weighted by Gasteiger charge is 2.12. The van der Waals surface area contributed by atoms with E-state index in [1.54, 1.807) is 0 Å². The summed E-state index contributed by atoms with van der Waals surface area (Å²) in [4.78, 5) is 2.16. The lowest BCUT2D eigenvalue weighted by molar-refractivity contribution is 0.400. The van der Waals surface area contributed by atoms with Crippen molar-refractivity contribution in [2.45, 2.75) is 12.6 Å². The first-order valence-electron chi connectivity index (χ1n) is 6.21. The molecule has 0 aromatic heterocycles.